The number of nitrogens with two attached hydrogens (primary N) is 1. The van der Waals surface area contributed by atoms with Crippen molar-refractivity contribution in [3.05, 3.63) is 18.2 Å². The predicted octanol–water partition coefficient (Wildman–Crippen LogP) is 3.86. The highest BCUT2D eigenvalue weighted by molar-refractivity contribution is 5.72. The Balaban J connectivity index is 2.52. The fraction of sp³-hybridized carbons (Fsp3) is 0.667. The molecule has 0 amide bonds. The van der Waals surface area contributed by atoms with Gasteiger partial charge in [0.15, 0.2) is 0 Å². The lowest BCUT2D eigenvalue weighted by atomic mass is 10.1. The molecule has 0 fully saturated rings. The molecule has 0 aromatic heterocycles. The van der Waals surface area contributed by atoms with Gasteiger partial charge >= 0.3 is 0 Å². The van der Waals surface area contributed by atoms with Gasteiger partial charge in [0.1, 0.15) is 0 Å². The largest absolute Gasteiger partial charge is 0.397 e. The van der Waals surface area contributed by atoms with Crippen molar-refractivity contribution < 1.29 is 5.11 Å². The average Bonchev–Trinajstić information content (AvgIpc) is 2.53. The van der Waals surface area contributed by atoms with Gasteiger partial charge in [-0.25, -0.2) is 0 Å². The van der Waals surface area contributed by atoms with Gasteiger partial charge in [0.25, 0.3) is 0 Å². The number of anilines is 3. The number of unbranched alkanes of at least 4 members (excludes halogenated alkanes) is 3. The second-order valence-electron chi connectivity index (χ2n) is 5.83. The predicted molar refractivity (Wildman–Crippen MR) is 97.7 cm³/mol. The van der Waals surface area contributed by atoms with Crippen molar-refractivity contribution in [1.82, 2.24) is 0 Å². The van der Waals surface area contributed by atoms with E-state index < -0.39 is 0 Å². The maximum absolute atomic E-state index is 10.1. The Bertz CT molecular complexity index is 419. The normalized spacial score (nSPS) is 12.2. The van der Waals surface area contributed by atoms with E-state index in [0.717, 1.165) is 37.3 Å². The van der Waals surface area contributed by atoms with Crippen molar-refractivity contribution in [2.45, 2.75) is 59.0 Å². The Morgan fingerprint density at radius 1 is 1.14 bits per heavy atom. The molecule has 0 radical (unpaired) electrons. The maximum atomic E-state index is 10.1. The Morgan fingerprint density at radius 2 is 1.86 bits per heavy atom. The van der Waals surface area contributed by atoms with Gasteiger partial charge in [-0.1, -0.05) is 32.6 Å². The summed E-state index contributed by atoms with van der Waals surface area (Å²) in [6.07, 6.45) is 5.30. The van der Waals surface area contributed by atoms with E-state index in [1.807, 2.05) is 6.07 Å². The molecule has 1 atom stereocenters. The van der Waals surface area contributed by atoms with Crippen LogP contribution in [0.3, 0.4) is 0 Å². The van der Waals surface area contributed by atoms with Crippen LogP contribution in [-0.2, 0) is 0 Å². The molecule has 0 aliphatic heterocycles. The van der Waals surface area contributed by atoms with Crippen molar-refractivity contribution in [3.63, 3.8) is 0 Å². The summed E-state index contributed by atoms with van der Waals surface area (Å²) in [4.78, 5) is 2.28. The summed E-state index contributed by atoms with van der Waals surface area (Å²) in [5.74, 6) is 0. The highest BCUT2D eigenvalue weighted by atomic mass is 16.3. The molecule has 4 nitrogen and oxygen atoms in total. The molecule has 0 saturated heterocycles. The van der Waals surface area contributed by atoms with Crippen LogP contribution in [0.15, 0.2) is 18.2 Å². The SMILES string of the molecule is CCCCCCC(O)CNc1cc(N(CC)CC)ccc1N. The van der Waals surface area contributed by atoms with Gasteiger partial charge in [-0.05, 0) is 38.5 Å². The number of nitrogens with zero attached hydrogens (tertiary/aromatic N) is 1. The fourth-order valence-electron chi connectivity index (χ4n) is 2.62. The topological polar surface area (TPSA) is 61.5 Å². The van der Waals surface area contributed by atoms with Crippen LogP contribution in [0.5, 0.6) is 0 Å². The van der Waals surface area contributed by atoms with Crippen LogP contribution < -0.4 is 16.0 Å². The molecule has 126 valence electrons. The summed E-state index contributed by atoms with van der Waals surface area (Å²) in [6.45, 7) is 8.99. The standard InChI is InChI=1S/C18H33N3O/c1-4-7-8-9-10-16(22)14-20-18-13-15(11-12-17(18)19)21(5-2)6-3/h11-13,16,20,22H,4-10,14,19H2,1-3H3. The van der Waals surface area contributed by atoms with Crippen molar-refractivity contribution in [2.24, 2.45) is 0 Å². The first-order valence-corrected chi connectivity index (χ1v) is 8.68. The zero-order valence-electron chi connectivity index (χ0n) is 14.4. The van der Waals surface area contributed by atoms with Gasteiger partial charge < -0.3 is 21.1 Å². The summed E-state index contributed by atoms with van der Waals surface area (Å²) in [7, 11) is 0. The minimum absolute atomic E-state index is 0.312. The van der Waals surface area contributed by atoms with E-state index in [-0.39, 0.29) is 6.10 Å². The van der Waals surface area contributed by atoms with Crippen molar-refractivity contribution in [2.75, 3.05) is 35.6 Å². The molecule has 1 aromatic rings. The van der Waals surface area contributed by atoms with Gasteiger partial charge in [0.05, 0.1) is 17.5 Å². The summed E-state index contributed by atoms with van der Waals surface area (Å²) < 4.78 is 0. The summed E-state index contributed by atoms with van der Waals surface area (Å²) in [5.41, 5.74) is 8.85. The zero-order valence-corrected chi connectivity index (χ0v) is 14.4. The third-order valence-corrected chi connectivity index (χ3v) is 4.08. The molecular formula is C18H33N3O. The maximum Gasteiger partial charge on any atom is 0.0712 e. The van der Waals surface area contributed by atoms with Gasteiger partial charge in [0, 0.05) is 25.3 Å². The van der Waals surface area contributed by atoms with Gasteiger partial charge in [-0.15, -0.1) is 0 Å². The van der Waals surface area contributed by atoms with Crippen molar-refractivity contribution in [1.29, 1.82) is 0 Å². The lowest BCUT2D eigenvalue weighted by molar-refractivity contribution is 0.173. The number of aliphatic hydroxyl groups excluding tert-OH is 1. The van der Waals surface area contributed by atoms with Crippen LogP contribution >= 0.6 is 0 Å². The van der Waals surface area contributed by atoms with Gasteiger partial charge in [-0.3, -0.25) is 0 Å². The molecule has 0 saturated carbocycles. The third kappa shape index (κ3) is 6.14. The zero-order chi connectivity index (χ0) is 16.4. The monoisotopic (exact) mass is 307 g/mol. The Labute approximate surface area is 135 Å². The summed E-state index contributed by atoms with van der Waals surface area (Å²) in [6, 6.07) is 6.06. The average molecular weight is 307 g/mol. The molecular weight excluding hydrogens is 274 g/mol. The van der Waals surface area contributed by atoms with E-state index in [0.29, 0.717) is 6.54 Å². The second-order valence-corrected chi connectivity index (χ2v) is 5.83. The number of nitrogen functional groups attached to an aromatic ring is 1. The number of nitrogens with one attached hydrogen (secondary N) is 1. The van der Waals surface area contributed by atoms with Crippen LogP contribution in [0.25, 0.3) is 0 Å². The molecule has 4 heteroatoms. The van der Waals surface area contributed by atoms with E-state index in [1.165, 1.54) is 24.9 Å². The number of rotatable bonds is 11. The smallest absolute Gasteiger partial charge is 0.0712 e. The number of hydrogen-bond acceptors (Lipinski definition) is 4. The molecule has 22 heavy (non-hydrogen) atoms. The molecule has 0 bridgehead atoms. The van der Waals surface area contributed by atoms with E-state index in [1.54, 1.807) is 0 Å². The summed E-state index contributed by atoms with van der Waals surface area (Å²) >= 11 is 0. The van der Waals surface area contributed by atoms with E-state index >= 15 is 0 Å². The molecule has 1 unspecified atom stereocenters. The van der Waals surface area contributed by atoms with E-state index in [4.69, 9.17) is 5.73 Å². The Hall–Kier alpha value is -1.42. The molecule has 1 rings (SSSR count). The van der Waals surface area contributed by atoms with Crippen molar-refractivity contribution in [3.8, 4) is 0 Å². The Morgan fingerprint density at radius 3 is 2.50 bits per heavy atom. The van der Waals surface area contributed by atoms with Crippen LogP contribution in [-0.4, -0.2) is 30.8 Å². The third-order valence-electron chi connectivity index (χ3n) is 4.08. The van der Waals surface area contributed by atoms with E-state index in [9.17, 15) is 5.11 Å². The number of hydrogen-bond donors (Lipinski definition) is 3. The van der Waals surface area contributed by atoms with E-state index in [2.05, 4.69) is 43.1 Å². The molecule has 4 N–H and O–H groups in total. The minimum Gasteiger partial charge on any atom is -0.397 e. The minimum atomic E-state index is -0.312. The second kappa shape index (κ2) is 10.3. The first-order chi connectivity index (χ1) is 10.6. The van der Waals surface area contributed by atoms with Crippen LogP contribution in [0.4, 0.5) is 17.1 Å². The fourth-order valence-corrected chi connectivity index (χ4v) is 2.62. The number of aliphatic hydroxyl groups is 1. The van der Waals surface area contributed by atoms with Crippen LogP contribution in [0.2, 0.25) is 0 Å². The summed E-state index contributed by atoms with van der Waals surface area (Å²) in [5, 5.41) is 13.4. The van der Waals surface area contributed by atoms with Crippen LogP contribution in [0, 0.1) is 0 Å². The Kier molecular flexibility index (Phi) is 8.75. The molecule has 0 spiro atoms. The number of benzene rings is 1. The molecule has 0 aliphatic carbocycles. The van der Waals surface area contributed by atoms with Gasteiger partial charge in [-0.2, -0.15) is 0 Å². The lowest BCUT2D eigenvalue weighted by Gasteiger charge is -2.23. The van der Waals surface area contributed by atoms with Gasteiger partial charge in [0.2, 0.25) is 0 Å². The first kappa shape index (κ1) is 18.6. The lowest BCUT2D eigenvalue weighted by Crippen LogP contribution is -2.23. The molecule has 0 heterocycles. The van der Waals surface area contributed by atoms with Crippen LogP contribution in [0.1, 0.15) is 52.9 Å². The van der Waals surface area contributed by atoms with Crippen molar-refractivity contribution >= 4 is 17.1 Å². The molecule has 0 aliphatic rings. The quantitative estimate of drug-likeness (QED) is 0.429. The highest BCUT2D eigenvalue weighted by Crippen LogP contribution is 2.25. The highest BCUT2D eigenvalue weighted by Gasteiger charge is 2.08. The first-order valence-electron chi connectivity index (χ1n) is 8.68. The molecule has 1 aromatic carbocycles.